The van der Waals surface area contributed by atoms with Gasteiger partial charge in [0, 0.05) is 19.0 Å². The Hall–Kier alpha value is -2.74. The largest absolute Gasteiger partial charge is 0.326 e. The summed E-state index contributed by atoms with van der Waals surface area (Å²) in [6.45, 7) is 2.52. The third-order valence-electron chi connectivity index (χ3n) is 4.93. The summed E-state index contributed by atoms with van der Waals surface area (Å²) < 4.78 is 1.72. The molecule has 140 valence electrons. The number of nitrogens with one attached hydrogen (secondary N) is 1. The molecule has 8 heteroatoms. The van der Waals surface area contributed by atoms with E-state index >= 15 is 0 Å². The van der Waals surface area contributed by atoms with Crippen molar-refractivity contribution >= 4 is 39.9 Å². The summed E-state index contributed by atoms with van der Waals surface area (Å²) in [4.78, 5) is 32.5. The second kappa shape index (κ2) is 7.11. The molecule has 0 radical (unpaired) electrons. The third kappa shape index (κ3) is 3.32. The molecule has 1 unspecified atom stereocenters. The van der Waals surface area contributed by atoms with Crippen molar-refractivity contribution in [2.75, 3.05) is 11.9 Å². The molecular weight excluding hydrogens is 362 g/mol. The van der Waals surface area contributed by atoms with Crippen LogP contribution in [0.2, 0.25) is 0 Å². The van der Waals surface area contributed by atoms with Gasteiger partial charge in [0.2, 0.25) is 5.91 Å². The summed E-state index contributed by atoms with van der Waals surface area (Å²) >= 11 is 1.41. The van der Waals surface area contributed by atoms with Crippen LogP contribution in [0.5, 0.6) is 0 Å². The highest BCUT2D eigenvalue weighted by Gasteiger charge is 2.33. The van der Waals surface area contributed by atoms with Gasteiger partial charge in [-0.15, -0.1) is 11.3 Å². The Morgan fingerprint density at radius 3 is 2.96 bits per heavy atom. The van der Waals surface area contributed by atoms with Gasteiger partial charge in [-0.2, -0.15) is 5.10 Å². The topological polar surface area (TPSA) is 80.1 Å². The fraction of sp³-hybridized carbons (Fsp3) is 0.368. The maximum absolute atomic E-state index is 12.9. The quantitative estimate of drug-likeness (QED) is 0.754. The molecule has 0 aliphatic carbocycles. The van der Waals surface area contributed by atoms with Gasteiger partial charge in [0.25, 0.3) is 5.91 Å². The van der Waals surface area contributed by atoms with Gasteiger partial charge in [-0.25, -0.2) is 4.98 Å². The first-order valence-corrected chi connectivity index (χ1v) is 9.87. The molecule has 0 saturated carbocycles. The maximum atomic E-state index is 12.9. The Morgan fingerprint density at radius 2 is 2.19 bits per heavy atom. The van der Waals surface area contributed by atoms with E-state index in [0.29, 0.717) is 23.5 Å². The third-order valence-corrected chi connectivity index (χ3v) is 5.79. The summed E-state index contributed by atoms with van der Waals surface area (Å²) in [7, 11) is 1.84. The van der Waals surface area contributed by atoms with Crippen LogP contribution in [-0.4, -0.2) is 44.1 Å². The molecular formula is C19H21N5O2S. The molecule has 4 rings (SSSR count). The number of hydrogen-bond donors (Lipinski definition) is 1. The molecule has 1 aliphatic rings. The van der Waals surface area contributed by atoms with Crippen LogP contribution < -0.4 is 5.32 Å². The summed E-state index contributed by atoms with van der Waals surface area (Å²) in [6, 6.07) is 5.09. The normalized spacial score (nSPS) is 17.3. The first-order chi connectivity index (χ1) is 13.0. The zero-order valence-electron chi connectivity index (χ0n) is 15.3. The second-order valence-electron chi connectivity index (χ2n) is 6.78. The lowest BCUT2D eigenvalue weighted by atomic mass is 10.0. The molecule has 1 atom stereocenters. The van der Waals surface area contributed by atoms with Crippen LogP contribution in [0, 0.1) is 6.92 Å². The molecule has 1 aliphatic heterocycles. The fourth-order valence-electron chi connectivity index (χ4n) is 3.59. The monoisotopic (exact) mass is 383 g/mol. The molecule has 3 aromatic heterocycles. The summed E-state index contributed by atoms with van der Waals surface area (Å²) in [6.07, 6.45) is 4.16. The zero-order valence-corrected chi connectivity index (χ0v) is 16.1. The van der Waals surface area contributed by atoms with E-state index in [1.165, 1.54) is 11.3 Å². The predicted octanol–water partition coefficient (Wildman–Crippen LogP) is 2.97. The van der Waals surface area contributed by atoms with Crippen molar-refractivity contribution < 1.29 is 9.59 Å². The average molecular weight is 383 g/mol. The number of aryl methyl sites for hydroxylation is 2. The van der Waals surface area contributed by atoms with E-state index in [-0.39, 0.29) is 11.8 Å². The number of likely N-dealkylation sites (tertiary alicyclic amines) is 1. The van der Waals surface area contributed by atoms with Crippen LogP contribution in [0.4, 0.5) is 5.69 Å². The second-order valence-corrected chi connectivity index (χ2v) is 7.73. The van der Waals surface area contributed by atoms with Gasteiger partial charge >= 0.3 is 0 Å². The number of thiophene rings is 1. The Bertz CT molecular complexity index is 995. The van der Waals surface area contributed by atoms with E-state index in [1.54, 1.807) is 21.8 Å². The van der Waals surface area contributed by atoms with Crippen LogP contribution in [0.1, 0.15) is 34.6 Å². The molecule has 1 fully saturated rings. The van der Waals surface area contributed by atoms with E-state index in [2.05, 4.69) is 15.4 Å². The Labute approximate surface area is 161 Å². The molecule has 0 spiro atoms. The van der Waals surface area contributed by atoms with Gasteiger partial charge < -0.3 is 10.2 Å². The first-order valence-electron chi connectivity index (χ1n) is 8.99. The van der Waals surface area contributed by atoms with Crippen LogP contribution in [0.25, 0.3) is 11.0 Å². The van der Waals surface area contributed by atoms with Crippen molar-refractivity contribution in [2.24, 2.45) is 7.05 Å². The summed E-state index contributed by atoms with van der Waals surface area (Å²) in [5, 5.41) is 10.1. The van der Waals surface area contributed by atoms with Crippen LogP contribution in [-0.2, 0) is 11.8 Å². The van der Waals surface area contributed by atoms with Crippen molar-refractivity contribution in [3.05, 3.63) is 40.3 Å². The zero-order chi connectivity index (χ0) is 19.0. The molecule has 1 N–H and O–H groups in total. The molecule has 0 bridgehead atoms. The van der Waals surface area contributed by atoms with Gasteiger partial charge in [0.05, 0.1) is 22.5 Å². The van der Waals surface area contributed by atoms with Gasteiger partial charge in [-0.3, -0.25) is 14.3 Å². The minimum Gasteiger partial charge on any atom is -0.326 e. The standard InChI is InChI=1S/C19H21N5O2S/c1-12-14-10-13(11-20-17(14)23(2)22-12)21-18(25)15-6-3-4-8-24(15)19(26)16-7-5-9-27-16/h5,7,9-11,15H,3-4,6,8H2,1-2H3,(H,21,25). The van der Waals surface area contributed by atoms with Crippen LogP contribution in [0.15, 0.2) is 29.8 Å². The van der Waals surface area contributed by atoms with E-state index < -0.39 is 6.04 Å². The van der Waals surface area contributed by atoms with Crippen molar-refractivity contribution in [1.29, 1.82) is 0 Å². The lowest BCUT2D eigenvalue weighted by Gasteiger charge is -2.34. The Kier molecular flexibility index (Phi) is 4.65. The van der Waals surface area contributed by atoms with Crippen molar-refractivity contribution in [2.45, 2.75) is 32.2 Å². The van der Waals surface area contributed by atoms with Crippen molar-refractivity contribution in [3.63, 3.8) is 0 Å². The van der Waals surface area contributed by atoms with Crippen molar-refractivity contribution in [1.82, 2.24) is 19.7 Å². The number of hydrogen-bond acceptors (Lipinski definition) is 5. The Balaban J connectivity index is 1.55. The minimum atomic E-state index is -0.459. The smallest absolute Gasteiger partial charge is 0.264 e. The van der Waals surface area contributed by atoms with E-state index in [0.717, 1.165) is 29.6 Å². The molecule has 0 aromatic carbocycles. The number of piperidine rings is 1. The highest BCUT2D eigenvalue weighted by molar-refractivity contribution is 7.12. The molecule has 2 amide bonds. The fourth-order valence-corrected chi connectivity index (χ4v) is 4.27. The average Bonchev–Trinajstić information content (AvgIpc) is 3.30. The number of pyridine rings is 1. The summed E-state index contributed by atoms with van der Waals surface area (Å²) in [5.74, 6) is -0.233. The van der Waals surface area contributed by atoms with E-state index in [4.69, 9.17) is 0 Å². The lowest BCUT2D eigenvalue weighted by molar-refractivity contribution is -0.121. The number of carbonyl (C=O) groups is 2. The van der Waals surface area contributed by atoms with Gasteiger partial charge in [-0.05, 0) is 43.7 Å². The number of nitrogens with zero attached hydrogens (tertiary/aromatic N) is 4. The maximum Gasteiger partial charge on any atom is 0.264 e. The highest BCUT2D eigenvalue weighted by atomic mass is 32.1. The van der Waals surface area contributed by atoms with E-state index in [9.17, 15) is 9.59 Å². The molecule has 3 aromatic rings. The van der Waals surface area contributed by atoms with Gasteiger partial charge in [-0.1, -0.05) is 6.07 Å². The molecule has 27 heavy (non-hydrogen) atoms. The number of carbonyl (C=O) groups excluding carboxylic acids is 2. The lowest BCUT2D eigenvalue weighted by Crippen LogP contribution is -2.49. The summed E-state index contributed by atoms with van der Waals surface area (Å²) in [5.41, 5.74) is 2.26. The number of anilines is 1. The minimum absolute atomic E-state index is 0.0680. The molecule has 4 heterocycles. The predicted molar refractivity (Wildman–Crippen MR) is 105 cm³/mol. The number of aromatic nitrogens is 3. The van der Waals surface area contributed by atoms with Crippen LogP contribution >= 0.6 is 11.3 Å². The van der Waals surface area contributed by atoms with Gasteiger partial charge in [0.15, 0.2) is 5.65 Å². The van der Waals surface area contributed by atoms with Crippen LogP contribution in [0.3, 0.4) is 0 Å². The number of fused-ring (bicyclic) bond motifs is 1. The number of rotatable bonds is 3. The van der Waals surface area contributed by atoms with E-state index in [1.807, 2.05) is 31.5 Å². The van der Waals surface area contributed by atoms with Gasteiger partial charge in [0.1, 0.15) is 6.04 Å². The highest BCUT2D eigenvalue weighted by Crippen LogP contribution is 2.24. The Morgan fingerprint density at radius 1 is 1.33 bits per heavy atom. The molecule has 1 saturated heterocycles. The first kappa shape index (κ1) is 17.7. The van der Waals surface area contributed by atoms with Crippen molar-refractivity contribution in [3.8, 4) is 0 Å². The SMILES string of the molecule is Cc1nn(C)c2ncc(NC(=O)C3CCCCN3C(=O)c3cccs3)cc12. The number of amides is 2. The molecule has 7 nitrogen and oxygen atoms in total.